The third-order valence-electron chi connectivity index (χ3n) is 4.08. The number of likely N-dealkylation sites (N-methyl/N-ethyl adjacent to an activating group) is 1. The minimum atomic E-state index is 0.612. The Morgan fingerprint density at radius 1 is 1.35 bits per heavy atom. The standard InChI is InChI=1S/C17H23N3/c1-3-18-14-7-6-10-20(12-14)17-11-13(2)19-16-9-5-4-8-15(16)17/h4-5,8-9,11,14,18H,3,6-7,10,12H2,1-2H3. The van der Waals surface area contributed by atoms with E-state index >= 15 is 0 Å². The molecule has 0 bridgehead atoms. The van der Waals surface area contributed by atoms with E-state index in [4.69, 9.17) is 0 Å². The lowest BCUT2D eigenvalue weighted by Gasteiger charge is -2.35. The number of hydrogen-bond acceptors (Lipinski definition) is 3. The second kappa shape index (κ2) is 5.80. The summed E-state index contributed by atoms with van der Waals surface area (Å²) in [6.45, 7) is 7.57. The van der Waals surface area contributed by atoms with Gasteiger partial charge >= 0.3 is 0 Å². The van der Waals surface area contributed by atoms with Crippen LogP contribution in [0.3, 0.4) is 0 Å². The number of anilines is 1. The van der Waals surface area contributed by atoms with Crippen LogP contribution in [0.4, 0.5) is 5.69 Å². The number of hydrogen-bond donors (Lipinski definition) is 1. The van der Waals surface area contributed by atoms with Crippen LogP contribution in [-0.2, 0) is 0 Å². The van der Waals surface area contributed by atoms with Crippen LogP contribution < -0.4 is 10.2 Å². The van der Waals surface area contributed by atoms with E-state index in [1.807, 2.05) is 0 Å². The fourth-order valence-corrected chi connectivity index (χ4v) is 3.20. The molecule has 20 heavy (non-hydrogen) atoms. The molecule has 0 spiro atoms. The van der Waals surface area contributed by atoms with Crippen LogP contribution in [0.5, 0.6) is 0 Å². The Bertz CT molecular complexity index is 592. The van der Waals surface area contributed by atoms with E-state index < -0.39 is 0 Å². The first-order valence-electron chi connectivity index (χ1n) is 7.62. The highest BCUT2D eigenvalue weighted by Gasteiger charge is 2.20. The Morgan fingerprint density at radius 3 is 3.05 bits per heavy atom. The fourth-order valence-electron chi connectivity index (χ4n) is 3.20. The van der Waals surface area contributed by atoms with Crippen molar-refractivity contribution in [2.45, 2.75) is 32.7 Å². The van der Waals surface area contributed by atoms with Gasteiger partial charge in [-0.15, -0.1) is 0 Å². The highest BCUT2D eigenvalue weighted by atomic mass is 15.2. The molecule has 1 saturated heterocycles. The maximum Gasteiger partial charge on any atom is 0.0726 e. The number of fused-ring (bicyclic) bond motifs is 1. The summed E-state index contributed by atoms with van der Waals surface area (Å²) in [4.78, 5) is 7.17. The van der Waals surface area contributed by atoms with Gasteiger partial charge in [0.2, 0.25) is 0 Å². The van der Waals surface area contributed by atoms with E-state index in [0.717, 1.165) is 30.8 Å². The summed E-state index contributed by atoms with van der Waals surface area (Å²) in [6, 6.07) is 11.3. The summed E-state index contributed by atoms with van der Waals surface area (Å²) in [5.41, 5.74) is 3.55. The van der Waals surface area contributed by atoms with Crippen molar-refractivity contribution in [1.82, 2.24) is 10.3 Å². The average molecular weight is 269 g/mol. The van der Waals surface area contributed by atoms with E-state index in [1.54, 1.807) is 0 Å². The molecule has 106 valence electrons. The van der Waals surface area contributed by atoms with Gasteiger partial charge in [0.25, 0.3) is 0 Å². The number of pyridine rings is 1. The summed E-state index contributed by atoms with van der Waals surface area (Å²) >= 11 is 0. The lowest BCUT2D eigenvalue weighted by molar-refractivity contribution is 0.432. The van der Waals surface area contributed by atoms with Crippen LogP contribution in [-0.4, -0.2) is 30.7 Å². The van der Waals surface area contributed by atoms with Crippen LogP contribution in [0.1, 0.15) is 25.5 Å². The molecule has 1 atom stereocenters. The number of nitrogens with one attached hydrogen (secondary N) is 1. The van der Waals surface area contributed by atoms with E-state index in [-0.39, 0.29) is 0 Å². The molecular weight excluding hydrogens is 246 g/mol. The zero-order valence-corrected chi connectivity index (χ0v) is 12.4. The molecule has 3 heteroatoms. The second-order valence-electron chi connectivity index (χ2n) is 5.64. The number of piperidine rings is 1. The van der Waals surface area contributed by atoms with Crippen LogP contribution in [0.2, 0.25) is 0 Å². The van der Waals surface area contributed by atoms with Crippen LogP contribution >= 0.6 is 0 Å². The largest absolute Gasteiger partial charge is 0.369 e. The Kier molecular flexibility index (Phi) is 3.88. The minimum absolute atomic E-state index is 0.612. The maximum absolute atomic E-state index is 4.64. The van der Waals surface area contributed by atoms with Gasteiger partial charge in [-0.05, 0) is 38.4 Å². The van der Waals surface area contributed by atoms with Crippen molar-refractivity contribution in [2.24, 2.45) is 0 Å². The number of benzene rings is 1. The van der Waals surface area contributed by atoms with Gasteiger partial charge in [0.15, 0.2) is 0 Å². The third kappa shape index (κ3) is 2.63. The van der Waals surface area contributed by atoms with E-state index in [1.165, 1.54) is 23.9 Å². The number of aryl methyl sites for hydroxylation is 1. The van der Waals surface area contributed by atoms with E-state index in [9.17, 15) is 0 Å². The number of nitrogens with zero attached hydrogens (tertiary/aromatic N) is 2. The van der Waals surface area contributed by atoms with Crippen molar-refractivity contribution in [3.05, 3.63) is 36.0 Å². The topological polar surface area (TPSA) is 28.2 Å². The average Bonchev–Trinajstić information content (AvgIpc) is 2.47. The zero-order valence-electron chi connectivity index (χ0n) is 12.4. The Hall–Kier alpha value is -1.61. The van der Waals surface area contributed by atoms with Crippen molar-refractivity contribution in [3.8, 4) is 0 Å². The first kappa shape index (κ1) is 13.4. The molecule has 1 aromatic heterocycles. The highest BCUT2D eigenvalue weighted by Crippen LogP contribution is 2.28. The maximum atomic E-state index is 4.64. The molecule has 0 radical (unpaired) electrons. The van der Waals surface area contributed by atoms with Crippen molar-refractivity contribution in [3.63, 3.8) is 0 Å². The Balaban J connectivity index is 1.96. The van der Waals surface area contributed by atoms with Crippen molar-refractivity contribution in [2.75, 3.05) is 24.5 Å². The lowest BCUT2D eigenvalue weighted by atomic mass is 10.0. The molecule has 0 amide bonds. The molecule has 1 aliphatic heterocycles. The lowest BCUT2D eigenvalue weighted by Crippen LogP contribution is -2.45. The molecule has 3 rings (SSSR count). The van der Waals surface area contributed by atoms with E-state index in [0.29, 0.717) is 6.04 Å². The van der Waals surface area contributed by atoms with Gasteiger partial charge in [-0.3, -0.25) is 4.98 Å². The summed E-state index contributed by atoms with van der Waals surface area (Å²) in [5, 5.41) is 4.86. The Morgan fingerprint density at radius 2 is 2.20 bits per heavy atom. The zero-order chi connectivity index (χ0) is 13.9. The SMILES string of the molecule is CCNC1CCCN(c2cc(C)nc3ccccc23)C1. The normalized spacial score (nSPS) is 19.5. The fraction of sp³-hybridized carbons (Fsp3) is 0.471. The quantitative estimate of drug-likeness (QED) is 0.928. The Labute approximate surface area is 121 Å². The summed E-state index contributed by atoms with van der Waals surface area (Å²) < 4.78 is 0. The van der Waals surface area contributed by atoms with Gasteiger partial charge in [-0.1, -0.05) is 25.1 Å². The van der Waals surface area contributed by atoms with Crippen molar-refractivity contribution >= 4 is 16.6 Å². The predicted octanol–water partition coefficient (Wildman–Crippen LogP) is 3.12. The smallest absolute Gasteiger partial charge is 0.0726 e. The van der Waals surface area contributed by atoms with Gasteiger partial charge < -0.3 is 10.2 Å². The van der Waals surface area contributed by atoms with Gasteiger partial charge in [-0.2, -0.15) is 0 Å². The van der Waals surface area contributed by atoms with Gasteiger partial charge in [-0.25, -0.2) is 0 Å². The predicted molar refractivity (Wildman–Crippen MR) is 85.4 cm³/mol. The first-order chi connectivity index (χ1) is 9.78. The van der Waals surface area contributed by atoms with Gasteiger partial charge in [0, 0.05) is 35.9 Å². The first-order valence-corrected chi connectivity index (χ1v) is 7.62. The van der Waals surface area contributed by atoms with Crippen LogP contribution in [0.15, 0.2) is 30.3 Å². The van der Waals surface area contributed by atoms with Crippen molar-refractivity contribution in [1.29, 1.82) is 0 Å². The third-order valence-corrected chi connectivity index (χ3v) is 4.08. The molecule has 2 heterocycles. The number of aromatic nitrogens is 1. The van der Waals surface area contributed by atoms with Gasteiger partial charge in [0.05, 0.1) is 5.52 Å². The van der Waals surface area contributed by atoms with Crippen molar-refractivity contribution < 1.29 is 0 Å². The summed E-state index contributed by atoms with van der Waals surface area (Å²) in [6.07, 6.45) is 2.54. The summed E-state index contributed by atoms with van der Waals surface area (Å²) in [5.74, 6) is 0. The van der Waals surface area contributed by atoms with E-state index in [2.05, 4.69) is 59.4 Å². The molecule has 2 aromatic rings. The molecular formula is C17H23N3. The number of para-hydroxylation sites is 1. The molecule has 1 unspecified atom stereocenters. The van der Waals surface area contributed by atoms with Crippen LogP contribution in [0, 0.1) is 6.92 Å². The van der Waals surface area contributed by atoms with Gasteiger partial charge in [0.1, 0.15) is 0 Å². The molecule has 1 aliphatic rings. The van der Waals surface area contributed by atoms with Crippen LogP contribution in [0.25, 0.3) is 10.9 Å². The minimum Gasteiger partial charge on any atom is -0.369 e. The summed E-state index contributed by atoms with van der Waals surface area (Å²) in [7, 11) is 0. The monoisotopic (exact) mass is 269 g/mol. The second-order valence-corrected chi connectivity index (χ2v) is 5.64. The molecule has 3 nitrogen and oxygen atoms in total. The molecule has 1 fully saturated rings. The molecule has 1 N–H and O–H groups in total. The molecule has 0 saturated carbocycles. The number of rotatable bonds is 3. The molecule has 0 aliphatic carbocycles. The molecule has 1 aromatic carbocycles. The highest BCUT2D eigenvalue weighted by molar-refractivity contribution is 5.92.